The molecule has 0 N–H and O–H groups in total. The van der Waals surface area contributed by atoms with Crippen LogP contribution in [0.2, 0.25) is 0 Å². The first-order chi connectivity index (χ1) is 7.73. The molecule has 0 aliphatic rings. The highest BCUT2D eigenvalue weighted by atomic mass is 16.5. The molecule has 16 heavy (non-hydrogen) atoms. The maximum atomic E-state index is 10.8. The lowest BCUT2D eigenvalue weighted by atomic mass is 10.1. The summed E-state index contributed by atoms with van der Waals surface area (Å²) in [4.78, 5) is 14.5. The van der Waals surface area contributed by atoms with E-state index in [4.69, 9.17) is 14.2 Å². The van der Waals surface area contributed by atoms with Gasteiger partial charge in [-0.3, -0.25) is 9.79 Å². The van der Waals surface area contributed by atoms with Gasteiger partial charge in [-0.1, -0.05) is 0 Å². The Balaban J connectivity index is 3.60. The number of ether oxygens (including phenoxy) is 3. The molecule has 1 aromatic rings. The number of aliphatic imine (C=N–C) groups is 1. The van der Waals surface area contributed by atoms with E-state index in [1.165, 1.54) is 27.4 Å². The lowest BCUT2D eigenvalue weighted by Gasteiger charge is -2.14. The second kappa shape index (κ2) is 5.16. The SMILES string of the molecule is C=Nc1c([C]=O)cc(OC)c(OC)c1OC. The van der Waals surface area contributed by atoms with Crippen LogP contribution in [0.3, 0.4) is 0 Å². The Bertz CT molecular complexity index is 415. The van der Waals surface area contributed by atoms with Crippen LogP contribution in [0.25, 0.3) is 0 Å². The summed E-state index contributed by atoms with van der Waals surface area (Å²) in [5.41, 5.74) is 0.500. The second-order valence-electron chi connectivity index (χ2n) is 2.80. The monoisotopic (exact) mass is 222 g/mol. The molecule has 0 aliphatic heterocycles. The van der Waals surface area contributed by atoms with Gasteiger partial charge >= 0.3 is 0 Å². The number of nitrogens with zero attached hydrogens (tertiary/aromatic N) is 1. The quantitative estimate of drug-likeness (QED) is 0.708. The Morgan fingerprint density at radius 2 is 1.81 bits per heavy atom. The van der Waals surface area contributed by atoms with Crippen molar-refractivity contribution >= 4 is 18.7 Å². The van der Waals surface area contributed by atoms with Gasteiger partial charge in [-0.25, -0.2) is 0 Å². The van der Waals surface area contributed by atoms with Crippen LogP contribution in [-0.2, 0) is 4.79 Å². The van der Waals surface area contributed by atoms with E-state index in [0.29, 0.717) is 17.2 Å². The fourth-order valence-electron chi connectivity index (χ4n) is 1.38. The topological polar surface area (TPSA) is 57.1 Å². The molecule has 5 heteroatoms. The summed E-state index contributed by atoms with van der Waals surface area (Å²) in [6.45, 7) is 3.37. The van der Waals surface area contributed by atoms with Gasteiger partial charge in [0.05, 0.1) is 26.9 Å². The predicted octanol–water partition coefficient (Wildman–Crippen LogP) is 1.50. The van der Waals surface area contributed by atoms with Crippen LogP contribution in [0.5, 0.6) is 17.2 Å². The van der Waals surface area contributed by atoms with E-state index in [2.05, 4.69) is 11.7 Å². The van der Waals surface area contributed by atoms with Crippen LogP contribution in [0.4, 0.5) is 5.69 Å². The first-order valence-electron chi connectivity index (χ1n) is 4.41. The Kier molecular flexibility index (Phi) is 3.88. The van der Waals surface area contributed by atoms with Gasteiger partial charge in [0.25, 0.3) is 0 Å². The summed E-state index contributed by atoms with van der Waals surface area (Å²) >= 11 is 0. The molecule has 85 valence electrons. The van der Waals surface area contributed by atoms with Gasteiger partial charge in [0, 0.05) is 0 Å². The van der Waals surface area contributed by atoms with E-state index in [1.807, 2.05) is 0 Å². The standard InChI is InChI=1S/C11H12NO4/c1-12-9-7(6-13)5-8(14-2)10(15-3)11(9)16-4/h5H,1H2,2-4H3. The van der Waals surface area contributed by atoms with Gasteiger partial charge in [0.15, 0.2) is 11.5 Å². The molecule has 0 bridgehead atoms. The molecule has 0 saturated heterocycles. The van der Waals surface area contributed by atoms with Gasteiger partial charge in [-0.2, -0.15) is 0 Å². The third-order valence-corrected chi connectivity index (χ3v) is 2.07. The highest BCUT2D eigenvalue weighted by Crippen LogP contribution is 2.45. The molecule has 1 rings (SSSR count). The first kappa shape index (κ1) is 12.0. The molecule has 5 nitrogen and oxygen atoms in total. The maximum absolute atomic E-state index is 10.8. The minimum absolute atomic E-state index is 0.213. The van der Waals surface area contributed by atoms with E-state index < -0.39 is 0 Å². The van der Waals surface area contributed by atoms with Crippen LogP contribution in [0.15, 0.2) is 11.1 Å². The van der Waals surface area contributed by atoms with E-state index in [9.17, 15) is 4.79 Å². The average molecular weight is 222 g/mol. The van der Waals surface area contributed by atoms with Crippen molar-refractivity contribution in [3.63, 3.8) is 0 Å². The van der Waals surface area contributed by atoms with Crippen LogP contribution < -0.4 is 14.2 Å². The van der Waals surface area contributed by atoms with Crippen molar-refractivity contribution in [3.05, 3.63) is 11.6 Å². The van der Waals surface area contributed by atoms with E-state index in [-0.39, 0.29) is 11.3 Å². The highest BCUT2D eigenvalue weighted by Gasteiger charge is 2.19. The first-order valence-corrected chi connectivity index (χ1v) is 4.41. The molecular formula is C11H12NO4. The zero-order valence-corrected chi connectivity index (χ0v) is 9.36. The number of carbonyl (C=O) groups excluding carboxylic acids is 1. The molecule has 0 aliphatic carbocycles. The molecule has 0 unspecified atom stereocenters. The van der Waals surface area contributed by atoms with Crippen molar-refractivity contribution in [2.24, 2.45) is 4.99 Å². The fourth-order valence-corrected chi connectivity index (χ4v) is 1.38. The van der Waals surface area contributed by atoms with Crippen LogP contribution in [0, 0.1) is 0 Å². The molecule has 1 radical (unpaired) electrons. The minimum Gasteiger partial charge on any atom is -0.493 e. The summed E-state index contributed by atoms with van der Waals surface area (Å²) in [5, 5.41) is 0. The number of rotatable bonds is 5. The van der Waals surface area contributed by atoms with Gasteiger partial charge in [0.1, 0.15) is 5.69 Å². The average Bonchev–Trinajstić information content (AvgIpc) is 2.35. The summed E-state index contributed by atoms with van der Waals surface area (Å²) in [6, 6.07) is 1.47. The number of methoxy groups -OCH3 is 3. The van der Waals surface area contributed by atoms with Crippen molar-refractivity contribution in [3.8, 4) is 17.2 Å². The molecule has 0 spiro atoms. The van der Waals surface area contributed by atoms with E-state index in [1.54, 1.807) is 6.29 Å². The van der Waals surface area contributed by atoms with Gasteiger partial charge in [-0.05, 0) is 12.8 Å². The second-order valence-corrected chi connectivity index (χ2v) is 2.80. The van der Waals surface area contributed by atoms with Crippen LogP contribution in [0.1, 0.15) is 5.56 Å². The van der Waals surface area contributed by atoms with Crippen LogP contribution >= 0.6 is 0 Å². The molecule has 0 heterocycles. The Labute approximate surface area is 93.7 Å². The van der Waals surface area contributed by atoms with Gasteiger partial charge in [0.2, 0.25) is 12.0 Å². The minimum atomic E-state index is 0.213. The van der Waals surface area contributed by atoms with Crippen molar-refractivity contribution in [1.29, 1.82) is 0 Å². The van der Waals surface area contributed by atoms with Crippen molar-refractivity contribution in [1.82, 2.24) is 0 Å². The zero-order valence-electron chi connectivity index (χ0n) is 9.36. The predicted molar refractivity (Wildman–Crippen MR) is 60.1 cm³/mol. The number of benzene rings is 1. The summed E-state index contributed by atoms with van der Waals surface area (Å²) in [6.07, 6.45) is 1.75. The molecule has 0 fully saturated rings. The van der Waals surface area contributed by atoms with Gasteiger partial charge in [-0.15, -0.1) is 0 Å². The Morgan fingerprint density at radius 1 is 1.19 bits per heavy atom. The molecule has 0 amide bonds. The molecule has 1 aromatic carbocycles. The lowest BCUT2D eigenvalue weighted by Crippen LogP contribution is -1.97. The molecular weight excluding hydrogens is 210 g/mol. The smallest absolute Gasteiger partial charge is 0.236 e. The maximum Gasteiger partial charge on any atom is 0.236 e. The van der Waals surface area contributed by atoms with Crippen molar-refractivity contribution in [2.45, 2.75) is 0 Å². The van der Waals surface area contributed by atoms with E-state index >= 15 is 0 Å². The number of hydrogen-bond donors (Lipinski definition) is 0. The zero-order chi connectivity index (χ0) is 12.1. The lowest BCUT2D eigenvalue weighted by molar-refractivity contribution is 0.325. The van der Waals surface area contributed by atoms with Gasteiger partial charge < -0.3 is 14.2 Å². The Hall–Kier alpha value is -2.04. The Morgan fingerprint density at radius 3 is 2.19 bits per heavy atom. The van der Waals surface area contributed by atoms with E-state index in [0.717, 1.165) is 0 Å². The summed E-state index contributed by atoms with van der Waals surface area (Å²) in [5.74, 6) is 1.05. The molecule has 0 aromatic heterocycles. The molecule has 0 atom stereocenters. The number of hydrogen-bond acceptors (Lipinski definition) is 5. The van der Waals surface area contributed by atoms with Crippen molar-refractivity contribution < 1.29 is 19.0 Å². The normalized spacial score (nSPS) is 9.44. The highest BCUT2D eigenvalue weighted by molar-refractivity contribution is 5.89. The summed E-state index contributed by atoms with van der Waals surface area (Å²) in [7, 11) is 4.38. The fraction of sp³-hybridized carbons (Fsp3) is 0.273. The third kappa shape index (κ3) is 1.84. The van der Waals surface area contributed by atoms with Crippen LogP contribution in [-0.4, -0.2) is 34.3 Å². The largest absolute Gasteiger partial charge is 0.493 e. The van der Waals surface area contributed by atoms with Crippen molar-refractivity contribution in [2.75, 3.05) is 21.3 Å². The third-order valence-electron chi connectivity index (χ3n) is 2.07. The summed E-state index contributed by atoms with van der Waals surface area (Å²) < 4.78 is 15.3. The molecule has 0 saturated carbocycles.